The van der Waals surface area contributed by atoms with E-state index in [1.807, 2.05) is 71.0 Å². The van der Waals surface area contributed by atoms with Gasteiger partial charge in [0.05, 0.1) is 11.8 Å². The summed E-state index contributed by atoms with van der Waals surface area (Å²) in [7, 11) is 0. The fourth-order valence-corrected chi connectivity index (χ4v) is 5.08. The Kier molecular flexibility index (Phi) is 11.0. The molecular weight excluding hydrogens is 584 g/mol. The zero-order valence-electron chi connectivity index (χ0n) is 25.9. The van der Waals surface area contributed by atoms with Crippen LogP contribution in [-0.4, -0.2) is 73.0 Å². The Balaban J connectivity index is 0.000000206. The van der Waals surface area contributed by atoms with Gasteiger partial charge in [-0.25, -0.2) is 14.8 Å². The van der Waals surface area contributed by atoms with Gasteiger partial charge in [0.15, 0.2) is 0 Å². The maximum Gasteiger partial charge on any atom is 0.410 e. The van der Waals surface area contributed by atoms with Crippen LogP contribution in [0.25, 0.3) is 23.0 Å². The molecule has 0 bridgehead atoms. The molecule has 2 fully saturated rings. The second-order valence-electron chi connectivity index (χ2n) is 12.0. The van der Waals surface area contributed by atoms with Crippen molar-refractivity contribution in [1.29, 1.82) is 0 Å². The first-order valence-electron chi connectivity index (χ1n) is 14.9. The van der Waals surface area contributed by atoms with Crippen LogP contribution in [0.3, 0.4) is 0 Å². The molecule has 1 N–H and O–H groups in total. The molecule has 0 saturated carbocycles. The summed E-state index contributed by atoms with van der Waals surface area (Å²) in [4.78, 5) is 31.8. The molecule has 2 aliphatic rings. The van der Waals surface area contributed by atoms with Crippen LogP contribution in [-0.2, 0) is 4.74 Å². The molecular formula is C31H41ClN8O4. The molecule has 0 aromatic carbocycles. The number of halogens is 1. The quantitative estimate of drug-likeness (QED) is 0.290. The number of carbonyl (C=O) groups is 1. The Bertz CT molecular complexity index is 1510. The average Bonchev–Trinajstić information content (AvgIpc) is 3.69. The zero-order valence-corrected chi connectivity index (χ0v) is 26.8. The summed E-state index contributed by atoms with van der Waals surface area (Å²) in [5.41, 5.74) is 2.82. The third kappa shape index (κ3) is 8.82. The highest BCUT2D eigenvalue weighted by Gasteiger charge is 2.31. The summed E-state index contributed by atoms with van der Waals surface area (Å²) in [5, 5.41) is 11.4. The number of aryl methyl sites for hydroxylation is 2. The number of rotatable bonds is 4. The van der Waals surface area contributed by atoms with Crippen molar-refractivity contribution in [2.24, 2.45) is 0 Å². The number of hydrogen-bond acceptors (Lipinski definition) is 11. The van der Waals surface area contributed by atoms with E-state index in [2.05, 4.69) is 35.6 Å². The molecule has 0 aliphatic carbocycles. The number of ether oxygens (including phenoxy) is 1. The van der Waals surface area contributed by atoms with Gasteiger partial charge in [-0.15, -0.1) is 12.4 Å². The number of amides is 1. The Morgan fingerprint density at radius 2 is 1.43 bits per heavy atom. The van der Waals surface area contributed by atoms with E-state index in [4.69, 9.17) is 13.8 Å². The molecule has 2 saturated heterocycles. The highest BCUT2D eigenvalue weighted by atomic mass is 35.5. The number of pyridine rings is 2. The van der Waals surface area contributed by atoms with Gasteiger partial charge in [-0.05, 0) is 91.1 Å². The monoisotopic (exact) mass is 624 g/mol. The molecule has 2 aliphatic heterocycles. The van der Waals surface area contributed by atoms with E-state index in [0.29, 0.717) is 42.2 Å². The Morgan fingerprint density at radius 3 is 1.95 bits per heavy atom. The summed E-state index contributed by atoms with van der Waals surface area (Å²) in [6, 6.07) is 11.5. The number of aromatic nitrogens is 6. The fourth-order valence-electron chi connectivity index (χ4n) is 5.08. The van der Waals surface area contributed by atoms with Crippen molar-refractivity contribution >= 4 is 18.5 Å². The third-order valence-electron chi connectivity index (χ3n) is 7.19. The summed E-state index contributed by atoms with van der Waals surface area (Å²) in [6.45, 7) is 12.7. The smallest absolute Gasteiger partial charge is 0.410 e. The molecule has 12 nitrogen and oxygen atoms in total. The van der Waals surface area contributed by atoms with Crippen LogP contribution in [0, 0.1) is 13.8 Å². The van der Waals surface area contributed by atoms with Gasteiger partial charge in [0, 0.05) is 31.0 Å². The van der Waals surface area contributed by atoms with Gasteiger partial charge >= 0.3 is 6.09 Å². The highest BCUT2D eigenvalue weighted by Crippen LogP contribution is 2.28. The SMILES string of the molecule is Cc1cccc(-c2noc([C@H]3CCCN(C(=O)OC(C)(C)C)C3)n2)n1.Cc1cccc(-c2noc([C@H]3CCCNC3)n2)n1.Cl. The molecule has 0 unspecified atom stereocenters. The topological polar surface area (TPSA) is 145 Å². The Hall–Kier alpha value is -3.90. The molecule has 4 aromatic heterocycles. The van der Waals surface area contributed by atoms with Crippen LogP contribution in [0.2, 0.25) is 0 Å². The van der Waals surface area contributed by atoms with Crippen LogP contribution in [0.1, 0.15) is 81.5 Å². The number of carbonyl (C=O) groups excluding carboxylic acids is 1. The number of likely N-dealkylation sites (tertiary alicyclic amines) is 1. The average molecular weight is 625 g/mol. The van der Waals surface area contributed by atoms with Gasteiger partial charge in [0.1, 0.15) is 17.0 Å². The van der Waals surface area contributed by atoms with Crippen LogP contribution in [0.5, 0.6) is 0 Å². The number of nitrogens with zero attached hydrogens (tertiary/aromatic N) is 7. The zero-order chi connectivity index (χ0) is 30.4. The summed E-state index contributed by atoms with van der Waals surface area (Å²) in [5.74, 6) is 2.69. The second kappa shape index (κ2) is 14.7. The minimum atomic E-state index is -0.501. The van der Waals surface area contributed by atoms with Crippen molar-refractivity contribution in [3.8, 4) is 23.0 Å². The van der Waals surface area contributed by atoms with Gasteiger partial charge in [0.2, 0.25) is 23.4 Å². The van der Waals surface area contributed by atoms with E-state index in [1.54, 1.807) is 4.90 Å². The lowest BCUT2D eigenvalue weighted by Crippen LogP contribution is -2.42. The molecule has 2 atom stereocenters. The normalized spacial score (nSPS) is 18.5. The molecule has 44 heavy (non-hydrogen) atoms. The Morgan fingerprint density at radius 1 is 0.864 bits per heavy atom. The molecule has 6 heterocycles. The van der Waals surface area contributed by atoms with Gasteiger partial charge in [-0.2, -0.15) is 9.97 Å². The first kappa shape index (κ1) is 33.0. The van der Waals surface area contributed by atoms with E-state index in [1.165, 1.54) is 0 Å². The van der Waals surface area contributed by atoms with Gasteiger partial charge < -0.3 is 24.0 Å². The lowest BCUT2D eigenvalue weighted by atomic mass is 9.98. The predicted octanol–water partition coefficient (Wildman–Crippen LogP) is 5.88. The molecule has 0 radical (unpaired) electrons. The van der Waals surface area contributed by atoms with E-state index >= 15 is 0 Å². The highest BCUT2D eigenvalue weighted by molar-refractivity contribution is 5.85. The molecule has 13 heteroatoms. The third-order valence-corrected chi connectivity index (χ3v) is 7.19. The largest absolute Gasteiger partial charge is 0.444 e. The molecule has 236 valence electrons. The first-order valence-corrected chi connectivity index (χ1v) is 14.9. The van der Waals surface area contributed by atoms with Gasteiger partial charge in [-0.1, -0.05) is 22.4 Å². The van der Waals surface area contributed by atoms with Crippen molar-refractivity contribution < 1.29 is 18.6 Å². The van der Waals surface area contributed by atoms with Gasteiger partial charge in [-0.3, -0.25) is 0 Å². The van der Waals surface area contributed by atoms with Crippen molar-refractivity contribution in [3.63, 3.8) is 0 Å². The van der Waals surface area contributed by atoms with Crippen LogP contribution in [0.4, 0.5) is 4.79 Å². The summed E-state index contributed by atoms with van der Waals surface area (Å²) >= 11 is 0. The van der Waals surface area contributed by atoms with Crippen molar-refractivity contribution in [1.82, 2.24) is 40.5 Å². The van der Waals surface area contributed by atoms with E-state index in [9.17, 15) is 4.79 Å². The second-order valence-corrected chi connectivity index (χ2v) is 12.0. The minimum Gasteiger partial charge on any atom is -0.444 e. The summed E-state index contributed by atoms with van der Waals surface area (Å²) < 4.78 is 16.3. The van der Waals surface area contributed by atoms with Gasteiger partial charge in [0.25, 0.3) is 0 Å². The van der Waals surface area contributed by atoms with Crippen LogP contribution < -0.4 is 5.32 Å². The maximum absolute atomic E-state index is 12.3. The first-order chi connectivity index (χ1) is 20.6. The standard InChI is InChI=1S/C18H24N4O3.C13H16N4O.ClH/c1-12-7-5-9-14(19-12)15-20-16(25-21-15)13-8-6-10-22(11-13)17(23)24-18(2,3)4;1-9-4-2-6-11(15-9)12-16-13(18-17-12)10-5-3-7-14-8-10;/h5,7,9,13H,6,8,10-11H2,1-4H3;2,4,6,10,14H,3,5,7-8H2,1H3;1H/t13-;10-;/m00./s1. The lowest BCUT2D eigenvalue weighted by Gasteiger charge is -2.32. The fraction of sp³-hybridized carbons (Fsp3) is 0.516. The minimum absolute atomic E-state index is 0. The lowest BCUT2D eigenvalue weighted by molar-refractivity contribution is 0.0189. The van der Waals surface area contributed by atoms with E-state index in [0.717, 1.165) is 61.7 Å². The molecule has 4 aromatic rings. The number of piperidine rings is 2. The van der Waals surface area contributed by atoms with E-state index in [-0.39, 0.29) is 24.4 Å². The predicted molar refractivity (Wildman–Crippen MR) is 166 cm³/mol. The summed E-state index contributed by atoms with van der Waals surface area (Å²) in [6.07, 6.45) is 3.75. The molecule has 1 amide bonds. The van der Waals surface area contributed by atoms with Crippen molar-refractivity contribution in [2.75, 3.05) is 26.2 Å². The van der Waals surface area contributed by atoms with Crippen LogP contribution >= 0.6 is 12.4 Å². The maximum atomic E-state index is 12.3. The Labute approximate surface area is 263 Å². The number of nitrogens with one attached hydrogen (secondary N) is 1. The molecule has 6 rings (SSSR count). The van der Waals surface area contributed by atoms with Crippen LogP contribution in [0.15, 0.2) is 45.4 Å². The molecule has 0 spiro atoms. The van der Waals surface area contributed by atoms with Crippen molar-refractivity contribution in [2.45, 2.75) is 77.7 Å². The van der Waals surface area contributed by atoms with Crippen molar-refractivity contribution in [3.05, 3.63) is 59.6 Å². The number of hydrogen-bond donors (Lipinski definition) is 1. The van der Waals surface area contributed by atoms with E-state index < -0.39 is 5.60 Å².